The van der Waals surface area contributed by atoms with E-state index in [1.165, 1.54) is 0 Å². The molecule has 0 amide bonds. The molecule has 4 aromatic heterocycles. The van der Waals surface area contributed by atoms with Gasteiger partial charge >= 0.3 is 0 Å². The quantitative estimate of drug-likeness (QED) is 0.388. The number of imidazole rings is 1. The third-order valence-corrected chi connectivity index (χ3v) is 5.98. The highest BCUT2D eigenvalue weighted by atomic mass is 32.2. The van der Waals surface area contributed by atoms with Gasteiger partial charge in [-0.2, -0.15) is 0 Å². The molecule has 6 nitrogen and oxygen atoms in total. The third-order valence-electron chi connectivity index (χ3n) is 4.95. The van der Waals surface area contributed by atoms with E-state index in [4.69, 9.17) is 9.40 Å². The number of pyridine rings is 1. The number of thioether (sulfide) groups is 1. The van der Waals surface area contributed by atoms with E-state index in [-0.39, 0.29) is 0 Å². The van der Waals surface area contributed by atoms with Crippen molar-refractivity contribution in [2.24, 2.45) is 7.05 Å². The number of furan rings is 1. The number of aryl methyl sites for hydroxylation is 1. The van der Waals surface area contributed by atoms with Gasteiger partial charge in [-0.1, -0.05) is 48.2 Å². The first-order valence-electron chi connectivity index (χ1n) is 9.30. The minimum absolute atomic E-state index is 0.728. The zero-order valence-corrected chi connectivity index (χ0v) is 16.9. The van der Waals surface area contributed by atoms with Gasteiger partial charge in [0.05, 0.1) is 23.2 Å². The summed E-state index contributed by atoms with van der Waals surface area (Å²) in [6.45, 7) is 1.93. The molecule has 5 aromatic rings. The lowest BCUT2D eigenvalue weighted by atomic mass is 10.1. The molecule has 0 aliphatic carbocycles. The highest BCUT2D eigenvalue weighted by molar-refractivity contribution is 7.98. The Labute approximate surface area is 172 Å². The fourth-order valence-electron chi connectivity index (χ4n) is 3.44. The van der Waals surface area contributed by atoms with Crippen LogP contribution in [0.1, 0.15) is 11.5 Å². The lowest BCUT2D eigenvalue weighted by molar-refractivity contribution is 0.534. The minimum atomic E-state index is 0.728. The second kappa shape index (κ2) is 7.25. The van der Waals surface area contributed by atoms with Crippen molar-refractivity contribution in [3.05, 3.63) is 78.5 Å². The molecule has 0 spiro atoms. The maximum atomic E-state index is 5.42. The topological polar surface area (TPSA) is 61.1 Å². The van der Waals surface area contributed by atoms with Gasteiger partial charge in [-0.25, -0.2) is 4.98 Å². The molecular formula is C22H19N5OS. The van der Waals surface area contributed by atoms with Crippen molar-refractivity contribution in [3.8, 4) is 22.6 Å². The number of aromatic nitrogens is 5. The lowest BCUT2D eigenvalue weighted by Crippen LogP contribution is -1.97. The van der Waals surface area contributed by atoms with E-state index >= 15 is 0 Å². The molecule has 0 N–H and O–H groups in total. The van der Waals surface area contributed by atoms with Crippen molar-refractivity contribution < 1.29 is 4.42 Å². The van der Waals surface area contributed by atoms with Gasteiger partial charge in [0, 0.05) is 24.6 Å². The molecule has 1 aromatic carbocycles. The van der Waals surface area contributed by atoms with Gasteiger partial charge in [0.25, 0.3) is 0 Å². The van der Waals surface area contributed by atoms with E-state index in [0.29, 0.717) is 0 Å². The minimum Gasteiger partial charge on any atom is -0.469 e. The Morgan fingerprint density at radius 1 is 1.00 bits per heavy atom. The summed E-state index contributed by atoms with van der Waals surface area (Å²) in [5.41, 5.74) is 5.15. The first kappa shape index (κ1) is 17.8. The van der Waals surface area contributed by atoms with E-state index in [1.54, 1.807) is 18.0 Å². The van der Waals surface area contributed by atoms with Gasteiger partial charge in [-0.15, -0.1) is 10.2 Å². The number of hydrogen-bond donors (Lipinski definition) is 0. The standard InChI is InChI=1S/C22H19N5OS/c1-15-17(11-13-28-15)21-24-25-22(26(21)2)29-14-18-20(16-8-4-3-5-9-16)23-19-10-6-7-12-27(18)19/h3-13H,14H2,1-2H3. The van der Waals surface area contributed by atoms with Gasteiger partial charge in [0.15, 0.2) is 11.0 Å². The van der Waals surface area contributed by atoms with Crippen LogP contribution < -0.4 is 0 Å². The molecule has 144 valence electrons. The van der Waals surface area contributed by atoms with E-state index in [1.807, 2.05) is 61.0 Å². The van der Waals surface area contributed by atoms with Crippen LogP contribution in [0, 0.1) is 6.92 Å². The molecule has 0 aliphatic rings. The average Bonchev–Trinajstić information content (AvgIpc) is 3.44. The smallest absolute Gasteiger partial charge is 0.191 e. The summed E-state index contributed by atoms with van der Waals surface area (Å²) in [6, 6.07) is 18.3. The second-order valence-electron chi connectivity index (χ2n) is 6.75. The second-order valence-corrected chi connectivity index (χ2v) is 7.69. The van der Waals surface area contributed by atoms with Crippen LogP contribution in [-0.4, -0.2) is 24.1 Å². The monoisotopic (exact) mass is 401 g/mol. The van der Waals surface area contributed by atoms with E-state index < -0.39 is 0 Å². The predicted molar refractivity (Wildman–Crippen MR) is 114 cm³/mol. The molecule has 5 rings (SSSR count). The van der Waals surface area contributed by atoms with E-state index in [2.05, 4.69) is 32.9 Å². The van der Waals surface area contributed by atoms with E-state index in [9.17, 15) is 0 Å². The summed E-state index contributed by atoms with van der Waals surface area (Å²) in [7, 11) is 1.98. The Morgan fingerprint density at radius 2 is 1.83 bits per heavy atom. The molecule has 0 saturated heterocycles. The molecule has 29 heavy (non-hydrogen) atoms. The van der Waals surface area contributed by atoms with Crippen molar-refractivity contribution >= 4 is 17.4 Å². The normalized spacial score (nSPS) is 11.4. The Morgan fingerprint density at radius 3 is 2.62 bits per heavy atom. The predicted octanol–water partition coefficient (Wildman–Crippen LogP) is 4.99. The highest BCUT2D eigenvalue weighted by Gasteiger charge is 2.18. The number of rotatable bonds is 5. The molecule has 7 heteroatoms. The van der Waals surface area contributed by atoms with Crippen LogP contribution in [0.25, 0.3) is 28.3 Å². The SMILES string of the molecule is Cc1occc1-c1nnc(SCc2c(-c3ccccc3)nc3ccccn23)n1C. The molecule has 0 fully saturated rings. The van der Waals surface area contributed by atoms with Gasteiger partial charge in [-0.05, 0) is 25.1 Å². The van der Waals surface area contributed by atoms with Crippen LogP contribution in [0.15, 0.2) is 76.6 Å². The van der Waals surface area contributed by atoms with Crippen molar-refractivity contribution in [1.82, 2.24) is 24.1 Å². The highest BCUT2D eigenvalue weighted by Crippen LogP contribution is 2.31. The van der Waals surface area contributed by atoms with Gasteiger partial charge < -0.3 is 13.4 Å². The van der Waals surface area contributed by atoms with E-state index in [0.717, 1.165) is 50.7 Å². The Bertz CT molecular complexity index is 1290. The number of fused-ring (bicyclic) bond motifs is 1. The number of hydrogen-bond acceptors (Lipinski definition) is 5. The van der Waals surface area contributed by atoms with Crippen LogP contribution in [-0.2, 0) is 12.8 Å². The number of nitrogens with zero attached hydrogens (tertiary/aromatic N) is 5. The van der Waals surface area contributed by atoms with Crippen molar-refractivity contribution in [3.63, 3.8) is 0 Å². The Hall–Kier alpha value is -3.32. The summed E-state index contributed by atoms with van der Waals surface area (Å²) in [6.07, 6.45) is 3.73. The maximum absolute atomic E-state index is 5.42. The van der Waals surface area contributed by atoms with Crippen LogP contribution in [0.3, 0.4) is 0 Å². The zero-order chi connectivity index (χ0) is 19.8. The molecule has 0 bridgehead atoms. The molecule has 0 atom stereocenters. The fraction of sp³-hybridized carbons (Fsp3) is 0.136. The molecule has 0 aliphatic heterocycles. The fourth-order valence-corrected chi connectivity index (χ4v) is 4.36. The average molecular weight is 401 g/mol. The van der Waals surface area contributed by atoms with Crippen LogP contribution in [0.4, 0.5) is 0 Å². The summed E-state index contributed by atoms with van der Waals surface area (Å²) >= 11 is 1.65. The summed E-state index contributed by atoms with van der Waals surface area (Å²) in [5, 5.41) is 9.62. The maximum Gasteiger partial charge on any atom is 0.191 e. The van der Waals surface area contributed by atoms with Crippen molar-refractivity contribution in [1.29, 1.82) is 0 Å². The van der Waals surface area contributed by atoms with Gasteiger partial charge in [0.1, 0.15) is 11.4 Å². The lowest BCUT2D eigenvalue weighted by Gasteiger charge is -2.06. The summed E-state index contributed by atoms with van der Waals surface area (Å²) < 4.78 is 9.57. The van der Waals surface area contributed by atoms with Crippen LogP contribution in [0.5, 0.6) is 0 Å². The molecule has 0 radical (unpaired) electrons. The molecule has 4 heterocycles. The largest absolute Gasteiger partial charge is 0.469 e. The Kier molecular flexibility index (Phi) is 4.44. The number of benzene rings is 1. The van der Waals surface area contributed by atoms with Crippen molar-refractivity contribution in [2.75, 3.05) is 0 Å². The summed E-state index contributed by atoms with van der Waals surface area (Å²) in [4.78, 5) is 4.87. The van der Waals surface area contributed by atoms with Gasteiger partial charge in [0.2, 0.25) is 0 Å². The molecule has 0 unspecified atom stereocenters. The van der Waals surface area contributed by atoms with Crippen LogP contribution >= 0.6 is 11.8 Å². The zero-order valence-electron chi connectivity index (χ0n) is 16.1. The first-order chi connectivity index (χ1) is 14.2. The first-order valence-corrected chi connectivity index (χ1v) is 10.3. The van der Waals surface area contributed by atoms with Gasteiger partial charge in [-0.3, -0.25) is 0 Å². The Balaban J connectivity index is 1.50. The third kappa shape index (κ3) is 3.13. The summed E-state index contributed by atoms with van der Waals surface area (Å²) in [5.74, 6) is 2.37. The van der Waals surface area contributed by atoms with Crippen molar-refractivity contribution in [2.45, 2.75) is 17.8 Å². The molecule has 0 saturated carbocycles. The van der Waals surface area contributed by atoms with Crippen LogP contribution in [0.2, 0.25) is 0 Å². The molecular weight excluding hydrogens is 382 g/mol.